The van der Waals surface area contributed by atoms with Crippen LogP contribution in [0.15, 0.2) is 70.1 Å². The number of carbonyl (C=O) groups excluding carboxylic acids is 1. The summed E-state index contributed by atoms with van der Waals surface area (Å²) in [6.45, 7) is 13.7. The molecule has 0 spiro atoms. The van der Waals surface area contributed by atoms with Crippen LogP contribution in [0, 0.1) is 0 Å². The Morgan fingerprint density at radius 1 is 1.17 bits per heavy atom. The van der Waals surface area contributed by atoms with Gasteiger partial charge < -0.3 is 18.9 Å². The van der Waals surface area contributed by atoms with E-state index in [9.17, 15) is 9.59 Å². The molecule has 0 aliphatic carbocycles. The van der Waals surface area contributed by atoms with Crippen LogP contribution in [-0.4, -0.2) is 36.5 Å². The van der Waals surface area contributed by atoms with Crippen molar-refractivity contribution in [1.29, 1.82) is 0 Å². The van der Waals surface area contributed by atoms with Crippen molar-refractivity contribution in [2.45, 2.75) is 46.8 Å². The van der Waals surface area contributed by atoms with E-state index in [0.29, 0.717) is 55.0 Å². The van der Waals surface area contributed by atoms with Crippen LogP contribution >= 0.6 is 22.9 Å². The number of carbonyl (C=O) groups is 1. The van der Waals surface area contributed by atoms with Crippen LogP contribution < -0.4 is 29.1 Å². The number of hydrogen-bond acceptors (Lipinski definition) is 8. The van der Waals surface area contributed by atoms with Gasteiger partial charge in [0.05, 0.1) is 40.1 Å². The Morgan fingerprint density at radius 3 is 2.61 bits per heavy atom. The Bertz CT molecular complexity index is 1670. The van der Waals surface area contributed by atoms with Gasteiger partial charge in [-0.1, -0.05) is 53.8 Å². The number of allylic oxidation sites excluding steroid dienone is 1. The van der Waals surface area contributed by atoms with Crippen molar-refractivity contribution in [3.8, 4) is 17.2 Å². The van der Waals surface area contributed by atoms with Crippen molar-refractivity contribution in [1.82, 2.24) is 4.57 Å². The summed E-state index contributed by atoms with van der Waals surface area (Å²) in [4.78, 5) is 32.4. The molecule has 1 aromatic heterocycles. The van der Waals surface area contributed by atoms with Gasteiger partial charge in [-0.3, -0.25) is 9.36 Å². The highest BCUT2D eigenvalue weighted by atomic mass is 35.5. The first kappa shape index (κ1) is 30.1. The predicted molar refractivity (Wildman–Crippen MR) is 161 cm³/mol. The van der Waals surface area contributed by atoms with Gasteiger partial charge in [0, 0.05) is 5.56 Å². The molecule has 3 aromatic rings. The van der Waals surface area contributed by atoms with E-state index in [1.807, 2.05) is 45.0 Å². The first-order valence-electron chi connectivity index (χ1n) is 13.3. The predicted octanol–water partition coefficient (Wildman–Crippen LogP) is 5.20. The number of fused-ring (bicyclic) bond motifs is 1. The Kier molecular flexibility index (Phi) is 9.73. The van der Waals surface area contributed by atoms with Crippen molar-refractivity contribution in [2.75, 3.05) is 19.8 Å². The molecule has 0 radical (unpaired) electrons. The van der Waals surface area contributed by atoms with E-state index < -0.39 is 12.0 Å². The fourth-order valence-electron chi connectivity index (χ4n) is 4.52. The standard InChI is InChI=1S/C31H33ClN2O6S/c1-7-14-39-28-22(32)15-20(16-24(28)37-8-2)17-25-29(35)34-27(21-12-10-11-13-23(21)40-18(4)5)26(30(36)38-9-3)19(6)33-31(34)41-25/h7,10-13,15-18,27H,1,8-9,14H2,2-6H3/b25-17+/t27-/m0/s1. The van der Waals surface area contributed by atoms with Gasteiger partial charge in [0.15, 0.2) is 16.3 Å². The fourth-order valence-corrected chi connectivity index (χ4v) is 5.84. The number of thiazole rings is 1. The highest BCUT2D eigenvalue weighted by molar-refractivity contribution is 7.07. The van der Waals surface area contributed by atoms with Crippen molar-refractivity contribution < 1.29 is 23.7 Å². The van der Waals surface area contributed by atoms with Gasteiger partial charge in [-0.15, -0.1) is 0 Å². The zero-order valence-electron chi connectivity index (χ0n) is 23.7. The molecule has 1 aliphatic rings. The van der Waals surface area contributed by atoms with Crippen molar-refractivity contribution >= 4 is 35.0 Å². The van der Waals surface area contributed by atoms with Gasteiger partial charge >= 0.3 is 5.97 Å². The maximum atomic E-state index is 14.0. The summed E-state index contributed by atoms with van der Waals surface area (Å²) in [5.41, 5.74) is 1.77. The minimum atomic E-state index is -0.792. The van der Waals surface area contributed by atoms with E-state index in [2.05, 4.69) is 11.6 Å². The van der Waals surface area contributed by atoms with Gasteiger partial charge in [-0.25, -0.2) is 9.79 Å². The van der Waals surface area contributed by atoms with E-state index in [0.717, 1.165) is 0 Å². The van der Waals surface area contributed by atoms with E-state index >= 15 is 0 Å². The molecule has 0 N–H and O–H groups in total. The van der Waals surface area contributed by atoms with Crippen LogP contribution in [0.2, 0.25) is 5.02 Å². The molecule has 4 rings (SSSR count). The Labute approximate surface area is 247 Å². The molecule has 2 heterocycles. The number of hydrogen-bond donors (Lipinski definition) is 0. The molecule has 0 saturated carbocycles. The Morgan fingerprint density at radius 2 is 1.93 bits per heavy atom. The molecule has 0 bridgehead atoms. The molecule has 0 fully saturated rings. The molecule has 41 heavy (non-hydrogen) atoms. The summed E-state index contributed by atoms with van der Waals surface area (Å²) in [5.74, 6) is 0.903. The first-order valence-corrected chi connectivity index (χ1v) is 14.5. The topological polar surface area (TPSA) is 88.4 Å². The highest BCUT2D eigenvalue weighted by Gasteiger charge is 2.35. The van der Waals surface area contributed by atoms with E-state index in [-0.39, 0.29) is 30.5 Å². The number of halogens is 1. The SMILES string of the molecule is C=CCOc1c(Cl)cc(/C=c2/sc3n(c2=O)[C@@H](c2ccccc2OC(C)C)C(C(=O)OCC)=C(C)N=3)cc1OCC. The molecule has 216 valence electrons. The number of aromatic nitrogens is 1. The lowest BCUT2D eigenvalue weighted by Gasteiger charge is -2.26. The average Bonchev–Trinajstić information content (AvgIpc) is 3.22. The van der Waals surface area contributed by atoms with Crippen LogP contribution in [-0.2, 0) is 9.53 Å². The van der Waals surface area contributed by atoms with Gasteiger partial charge in [0.2, 0.25) is 0 Å². The third-order valence-corrected chi connectivity index (χ3v) is 7.33. The smallest absolute Gasteiger partial charge is 0.338 e. The largest absolute Gasteiger partial charge is 0.491 e. The summed E-state index contributed by atoms with van der Waals surface area (Å²) in [6, 6.07) is 10.1. The number of benzene rings is 2. The van der Waals surface area contributed by atoms with Gasteiger partial charge in [0.25, 0.3) is 5.56 Å². The second kappa shape index (κ2) is 13.2. The van der Waals surface area contributed by atoms with Crippen LogP contribution in [0.1, 0.15) is 51.8 Å². The number of esters is 1. The number of ether oxygens (including phenoxy) is 4. The van der Waals surface area contributed by atoms with Gasteiger partial charge in [-0.05, 0) is 64.5 Å². The van der Waals surface area contributed by atoms with Crippen LogP contribution in [0.3, 0.4) is 0 Å². The molecule has 0 unspecified atom stereocenters. The van der Waals surface area contributed by atoms with Crippen LogP contribution in [0.25, 0.3) is 6.08 Å². The molecule has 8 nitrogen and oxygen atoms in total. The highest BCUT2D eigenvalue weighted by Crippen LogP contribution is 2.38. The average molecular weight is 597 g/mol. The lowest BCUT2D eigenvalue weighted by atomic mass is 9.95. The molecule has 0 amide bonds. The third kappa shape index (κ3) is 6.41. The fraction of sp³-hybridized carbons (Fsp3) is 0.323. The molecule has 0 saturated heterocycles. The lowest BCUT2D eigenvalue weighted by molar-refractivity contribution is -0.139. The van der Waals surface area contributed by atoms with Crippen LogP contribution in [0.4, 0.5) is 0 Å². The zero-order valence-corrected chi connectivity index (χ0v) is 25.3. The maximum Gasteiger partial charge on any atom is 0.338 e. The lowest BCUT2D eigenvalue weighted by Crippen LogP contribution is -2.40. The quantitative estimate of drug-likeness (QED) is 0.223. The molecule has 2 aromatic carbocycles. The summed E-state index contributed by atoms with van der Waals surface area (Å²) < 4.78 is 24.9. The Balaban J connectivity index is 1.94. The van der Waals surface area contributed by atoms with Crippen molar-refractivity contribution in [2.24, 2.45) is 4.99 Å². The first-order chi connectivity index (χ1) is 19.7. The summed E-state index contributed by atoms with van der Waals surface area (Å²) in [7, 11) is 0. The third-order valence-electron chi connectivity index (χ3n) is 6.07. The van der Waals surface area contributed by atoms with E-state index in [4.69, 9.17) is 30.5 Å². The number of rotatable bonds is 11. The normalized spacial score (nSPS) is 14.9. The summed E-state index contributed by atoms with van der Waals surface area (Å²) in [6.07, 6.45) is 3.23. The van der Waals surface area contributed by atoms with Crippen LogP contribution in [0.5, 0.6) is 17.2 Å². The maximum absolute atomic E-state index is 14.0. The molecule has 10 heteroatoms. The van der Waals surface area contributed by atoms with Crippen molar-refractivity contribution in [3.05, 3.63) is 96.2 Å². The minimum absolute atomic E-state index is 0.120. The number of nitrogens with zero attached hydrogens (tertiary/aromatic N) is 2. The zero-order chi connectivity index (χ0) is 29.7. The van der Waals surface area contributed by atoms with Crippen molar-refractivity contribution in [3.63, 3.8) is 0 Å². The summed E-state index contributed by atoms with van der Waals surface area (Å²) >= 11 is 7.77. The summed E-state index contributed by atoms with van der Waals surface area (Å²) in [5, 5.41) is 0.343. The molecule has 1 aliphatic heterocycles. The second-order valence-corrected chi connectivity index (χ2v) is 10.8. The van der Waals surface area contributed by atoms with Gasteiger partial charge in [-0.2, -0.15) is 0 Å². The van der Waals surface area contributed by atoms with E-state index in [1.54, 1.807) is 38.1 Å². The number of para-hydroxylation sites is 1. The monoisotopic (exact) mass is 596 g/mol. The minimum Gasteiger partial charge on any atom is -0.491 e. The molecular weight excluding hydrogens is 564 g/mol. The molecular formula is C31H33ClN2O6S. The van der Waals surface area contributed by atoms with E-state index in [1.165, 1.54) is 15.9 Å². The Hall–Kier alpha value is -3.82. The van der Waals surface area contributed by atoms with Gasteiger partial charge in [0.1, 0.15) is 18.4 Å². The molecule has 1 atom stereocenters. The second-order valence-electron chi connectivity index (χ2n) is 9.37.